The van der Waals surface area contributed by atoms with Gasteiger partial charge in [-0.25, -0.2) is 0 Å². The summed E-state index contributed by atoms with van der Waals surface area (Å²) in [5.74, 6) is 1.16. The van der Waals surface area contributed by atoms with Crippen LogP contribution in [0.15, 0.2) is 45.7 Å². The zero-order valence-electron chi connectivity index (χ0n) is 14.4. The Morgan fingerprint density at radius 2 is 1.73 bits per heavy atom. The number of sulfonamides is 1. The van der Waals surface area contributed by atoms with Crippen molar-refractivity contribution in [2.45, 2.75) is 18.4 Å². The van der Waals surface area contributed by atoms with Crippen LogP contribution in [-0.2, 0) is 16.6 Å². The van der Waals surface area contributed by atoms with E-state index in [1.165, 1.54) is 35.6 Å². The van der Waals surface area contributed by atoms with Gasteiger partial charge in [0.25, 0.3) is 10.0 Å². The highest BCUT2D eigenvalue weighted by Gasteiger charge is 2.16. The molecule has 26 heavy (non-hydrogen) atoms. The largest absolute Gasteiger partial charge is 0.493 e. The first-order valence-corrected chi connectivity index (χ1v) is 10.3. The monoisotopic (exact) mass is 412 g/mol. The molecule has 0 atom stereocenters. The molecule has 3 rings (SSSR count). The molecule has 6 nitrogen and oxygen atoms in total. The van der Waals surface area contributed by atoms with Crippen molar-refractivity contribution >= 4 is 43.2 Å². The van der Waals surface area contributed by atoms with Crippen molar-refractivity contribution in [3.05, 3.63) is 46.2 Å². The average Bonchev–Trinajstić information content (AvgIpc) is 2.95. The maximum atomic E-state index is 12.6. The highest BCUT2D eigenvalue weighted by Crippen LogP contribution is 2.33. The number of aryl methyl sites for hydroxylation is 1. The molecule has 138 valence electrons. The van der Waals surface area contributed by atoms with Crippen molar-refractivity contribution in [3.8, 4) is 11.5 Å². The predicted molar refractivity (Wildman–Crippen MR) is 103 cm³/mol. The van der Waals surface area contributed by atoms with Gasteiger partial charge in [-0.15, -0.1) is 4.40 Å². The van der Waals surface area contributed by atoms with Gasteiger partial charge >= 0.3 is 0 Å². The molecule has 0 fully saturated rings. The van der Waals surface area contributed by atoms with Crippen molar-refractivity contribution in [1.29, 1.82) is 0 Å². The summed E-state index contributed by atoms with van der Waals surface area (Å²) >= 11 is 7.11. The Kier molecular flexibility index (Phi) is 5.27. The van der Waals surface area contributed by atoms with Crippen molar-refractivity contribution in [1.82, 2.24) is 4.57 Å². The first-order chi connectivity index (χ1) is 12.4. The lowest BCUT2D eigenvalue weighted by Gasteiger charge is -2.08. The van der Waals surface area contributed by atoms with E-state index < -0.39 is 10.0 Å². The highest BCUT2D eigenvalue weighted by molar-refractivity contribution is 7.90. The zero-order chi connectivity index (χ0) is 18.9. The van der Waals surface area contributed by atoms with E-state index in [0.717, 1.165) is 10.2 Å². The molecule has 0 saturated heterocycles. The molecule has 9 heteroatoms. The normalized spacial score (nSPS) is 12.5. The summed E-state index contributed by atoms with van der Waals surface area (Å²) in [6, 6.07) is 9.58. The highest BCUT2D eigenvalue weighted by atomic mass is 35.5. The molecule has 2 aromatic carbocycles. The van der Waals surface area contributed by atoms with Crippen molar-refractivity contribution in [2.75, 3.05) is 14.2 Å². The van der Waals surface area contributed by atoms with E-state index in [1.54, 1.807) is 14.2 Å². The van der Waals surface area contributed by atoms with E-state index in [-0.39, 0.29) is 4.90 Å². The van der Waals surface area contributed by atoms with Crippen LogP contribution in [0.3, 0.4) is 0 Å². The first kappa shape index (κ1) is 18.8. The van der Waals surface area contributed by atoms with Gasteiger partial charge < -0.3 is 14.0 Å². The van der Waals surface area contributed by atoms with Crippen LogP contribution in [0, 0.1) is 0 Å². The molecule has 1 aromatic heterocycles. The van der Waals surface area contributed by atoms with E-state index in [4.69, 9.17) is 21.1 Å². The summed E-state index contributed by atoms with van der Waals surface area (Å²) in [6.45, 7) is 2.49. The zero-order valence-corrected chi connectivity index (χ0v) is 16.8. The summed E-state index contributed by atoms with van der Waals surface area (Å²) < 4.78 is 42.7. The molecule has 0 N–H and O–H groups in total. The van der Waals surface area contributed by atoms with Crippen LogP contribution in [0.5, 0.6) is 11.5 Å². The van der Waals surface area contributed by atoms with Crippen LogP contribution in [0.4, 0.5) is 0 Å². The third-order valence-corrected chi connectivity index (χ3v) is 6.50. The quantitative estimate of drug-likeness (QED) is 0.640. The Morgan fingerprint density at radius 1 is 1.12 bits per heavy atom. The van der Waals surface area contributed by atoms with Gasteiger partial charge in [0.15, 0.2) is 11.5 Å². The fourth-order valence-corrected chi connectivity index (χ4v) is 4.97. The molecule has 0 aliphatic carbocycles. The van der Waals surface area contributed by atoms with Crippen LogP contribution in [0.1, 0.15) is 6.92 Å². The van der Waals surface area contributed by atoms with E-state index in [2.05, 4.69) is 4.40 Å². The van der Waals surface area contributed by atoms with Gasteiger partial charge in [-0.2, -0.15) is 8.42 Å². The Labute approximate surface area is 160 Å². The number of halogens is 1. The number of nitrogens with zero attached hydrogens (tertiary/aromatic N) is 2. The van der Waals surface area contributed by atoms with Gasteiger partial charge in [-0.1, -0.05) is 22.9 Å². The molecule has 0 spiro atoms. The van der Waals surface area contributed by atoms with Crippen LogP contribution >= 0.6 is 22.9 Å². The van der Waals surface area contributed by atoms with Crippen molar-refractivity contribution in [3.63, 3.8) is 0 Å². The smallest absolute Gasteiger partial charge is 0.285 e. The van der Waals surface area contributed by atoms with E-state index in [1.807, 2.05) is 23.6 Å². The Morgan fingerprint density at radius 3 is 2.31 bits per heavy atom. The second-order valence-corrected chi connectivity index (χ2v) is 8.37. The molecular weight excluding hydrogens is 396 g/mol. The molecule has 0 radical (unpaired) electrons. The lowest BCUT2D eigenvalue weighted by Crippen LogP contribution is -2.16. The van der Waals surface area contributed by atoms with Gasteiger partial charge in [0.05, 0.1) is 29.3 Å². The Hall–Kier alpha value is -2.03. The Balaban J connectivity index is 2.23. The number of rotatable bonds is 5. The number of ether oxygens (including phenoxy) is 2. The van der Waals surface area contributed by atoms with Crippen LogP contribution in [-0.4, -0.2) is 27.2 Å². The molecule has 0 amide bonds. The third kappa shape index (κ3) is 3.44. The summed E-state index contributed by atoms with van der Waals surface area (Å²) in [7, 11) is -0.733. The predicted octanol–water partition coefficient (Wildman–Crippen LogP) is 3.68. The number of hydrogen-bond donors (Lipinski definition) is 0. The summed E-state index contributed by atoms with van der Waals surface area (Å²) in [5, 5.41) is 0.466. The van der Waals surface area contributed by atoms with E-state index in [9.17, 15) is 8.42 Å². The number of aromatic nitrogens is 1. The van der Waals surface area contributed by atoms with Gasteiger partial charge in [-0.05, 0) is 31.2 Å². The minimum Gasteiger partial charge on any atom is -0.493 e. The van der Waals surface area contributed by atoms with Crippen LogP contribution in [0.2, 0.25) is 5.02 Å². The number of hydrogen-bond acceptors (Lipinski definition) is 5. The Bertz CT molecular complexity index is 1120. The number of benzene rings is 2. The first-order valence-electron chi connectivity index (χ1n) is 7.71. The molecule has 0 unspecified atom stereocenters. The van der Waals surface area contributed by atoms with Crippen LogP contribution in [0.25, 0.3) is 10.2 Å². The number of fused-ring (bicyclic) bond motifs is 1. The molecule has 3 aromatic rings. The summed E-state index contributed by atoms with van der Waals surface area (Å²) in [5.41, 5.74) is 0.834. The topological polar surface area (TPSA) is 69.9 Å². The maximum Gasteiger partial charge on any atom is 0.285 e. The minimum atomic E-state index is -3.85. The number of methoxy groups -OCH3 is 2. The summed E-state index contributed by atoms with van der Waals surface area (Å²) in [6.07, 6.45) is 0. The van der Waals surface area contributed by atoms with Gasteiger partial charge in [0.1, 0.15) is 0 Å². The second kappa shape index (κ2) is 7.30. The fraction of sp³-hybridized carbons (Fsp3) is 0.235. The van der Waals surface area contributed by atoms with E-state index in [0.29, 0.717) is 27.9 Å². The van der Waals surface area contributed by atoms with Crippen molar-refractivity contribution in [2.24, 2.45) is 4.40 Å². The fourth-order valence-electron chi connectivity index (χ4n) is 2.53. The van der Waals surface area contributed by atoms with Crippen LogP contribution < -0.4 is 14.3 Å². The lowest BCUT2D eigenvalue weighted by molar-refractivity contribution is 0.355. The maximum absolute atomic E-state index is 12.6. The molecule has 0 aliphatic rings. The second-order valence-electron chi connectivity index (χ2n) is 5.32. The van der Waals surface area contributed by atoms with Gasteiger partial charge in [0.2, 0.25) is 4.80 Å². The van der Waals surface area contributed by atoms with Gasteiger partial charge in [-0.3, -0.25) is 0 Å². The molecular formula is C17H17ClN2O4S2. The molecule has 0 saturated carbocycles. The molecule has 0 aliphatic heterocycles. The molecule has 0 bridgehead atoms. The molecule has 1 heterocycles. The van der Waals surface area contributed by atoms with E-state index >= 15 is 0 Å². The lowest BCUT2D eigenvalue weighted by atomic mass is 10.3. The van der Waals surface area contributed by atoms with Crippen molar-refractivity contribution < 1.29 is 17.9 Å². The third-order valence-electron chi connectivity index (χ3n) is 3.81. The minimum absolute atomic E-state index is 0.0946. The standard InChI is InChI=1S/C17H17ClN2O4S2/c1-4-20-13-9-14(23-2)15(24-3)10-16(13)25-17(20)19-26(21,22)12-7-5-11(18)6-8-12/h5-10H,4H2,1-3H3/b19-17-. The summed E-state index contributed by atoms with van der Waals surface area (Å²) in [4.78, 5) is 0.477. The van der Waals surface area contributed by atoms with Gasteiger partial charge in [0, 0.05) is 23.7 Å². The average molecular weight is 413 g/mol. The number of thiazole rings is 1. The SMILES string of the molecule is CCn1/c(=N/S(=O)(=O)c2ccc(Cl)cc2)sc2cc(OC)c(OC)cc21.